The molecule has 128 valence electrons. The topological polar surface area (TPSA) is 108 Å². The molecular weight excluding hydrogens is 332 g/mol. The molecule has 7 heteroatoms. The molecule has 0 saturated heterocycles. The molecule has 26 heavy (non-hydrogen) atoms. The minimum Gasteiger partial charge on any atom is -0.476 e. The maximum atomic E-state index is 11.5. The van der Waals surface area contributed by atoms with Crippen LogP contribution in [0.5, 0.6) is 0 Å². The first-order valence-corrected chi connectivity index (χ1v) is 7.74. The Labute approximate surface area is 149 Å². The molecule has 1 heterocycles. The molecule has 0 radical (unpaired) electrons. The lowest BCUT2D eigenvalue weighted by atomic mass is 10.1. The first kappa shape index (κ1) is 16.9. The van der Waals surface area contributed by atoms with Crippen LogP contribution in [0.3, 0.4) is 0 Å². The third-order valence-corrected chi connectivity index (χ3v) is 3.63. The minimum absolute atomic E-state index is 0.0600. The molecule has 1 aromatic heterocycles. The molecule has 0 fully saturated rings. The van der Waals surface area contributed by atoms with Crippen LogP contribution >= 0.6 is 0 Å². The predicted octanol–water partition coefficient (Wildman–Crippen LogP) is 3.09. The van der Waals surface area contributed by atoms with Gasteiger partial charge in [0.25, 0.3) is 0 Å². The van der Waals surface area contributed by atoms with E-state index in [9.17, 15) is 14.7 Å². The summed E-state index contributed by atoms with van der Waals surface area (Å²) in [6.45, 7) is 0. The van der Waals surface area contributed by atoms with E-state index in [-0.39, 0.29) is 12.1 Å². The van der Waals surface area contributed by atoms with Gasteiger partial charge in [0.1, 0.15) is 6.42 Å². The van der Waals surface area contributed by atoms with Crippen molar-refractivity contribution in [3.63, 3.8) is 0 Å². The number of carboxylic acids is 1. The molecule has 0 aliphatic heterocycles. The number of benzene rings is 2. The van der Waals surface area contributed by atoms with Crippen molar-refractivity contribution in [3.8, 4) is 23.0 Å². The van der Waals surface area contributed by atoms with Crippen molar-refractivity contribution in [1.29, 1.82) is 5.26 Å². The molecule has 0 aliphatic rings. The number of nitriles is 1. The summed E-state index contributed by atoms with van der Waals surface area (Å²) in [5.74, 6) is -1.50. The van der Waals surface area contributed by atoms with Crippen LogP contribution in [0, 0.1) is 11.3 Å². The molecule has 0 aliphatic carbocycles. The van der Waals surface area contributed by atoms with E-state index in [2.05, 4.69) is 10.4 Å². The average molecular weight is 346 g/mol. The molecule has 0 bridgehead atoms. The van der Waals surface area contributed by atoms with Gasteiger partial charge < -0.3 is 10.4 Å². The number of nitrogens with one attached hydrogen (secondary N) is 1. The van der Waals surface area contributed by atoms with Crippen LogP contribution in [0.4, 0.5) is 5.69 Å². The van der Waals surface area contributed by atoms with Gasteiger partial charge in [-0.05, 0) is 30.3 Å². The summed E-state index contributed by atoms with van der Waals surface area (Å²) < 4.78 is 1.54. The smallest absolute Gasteiger partial charge is 0.356 e. The standard InChI is InChI=1S/C19H14N4O3/c20-11-10-18(24)21-14-6-8-15(9-7-14)23-17(12-16(22-23)19(25)26)13-4-2-1-3-5-13/h1-9,12H,10H2,(H,21,24)(H,25,26). The van der Waals surface area contributed by atoms with Crippen molar-refractivity contribution in [3.05, 3.63) is 66.4 Å². The van der Waals surface area contributed by atoms with Crippen molar-refractivity contribution >= 4 is 17.6 Å². The van der Waals surface area contributed by atoms with Gasteiger partial charge in [-0.15, -0.1) is 0 Å². The largest absolute Gasteiger partial charge is 0.476 e. The molecule has 3 rings (SSSR count). The highest BCUT2D eigenvalue weighted by atomic mass is 16.4. The predicted molar refractivity (Wildman–Crippen MR) is 94.8 cm³/mol. The van der Waals surface area contributed by atoms with Gasteiger partial charge >= 0.3 is 5.97 Å². The van der Waals surface area contributed by atoms with E-state index in [0.717, 1.165) is 5.56 Å². The first-order valence-electron chi connectivity index (χ1n) is 7.74. The molecule has 0 atom stereocenters. The number of rotatable bonds is 5. The first-order chi connectivity index (χ1) is 12.6. The zero-order valence-electron chi connectivity index (χ0n) is 13.6. The Morgan fingerprint density at radius 3 is 2.42 bits per heavy atom. The van der Waals surface area contributed by atoms with Gasteiger partial charge in [0, 0.05) is 11.3 Å². The number of aromatic carboxylic acids is 1. The normalized spacial score (nSPS) is 10.1. The summed E-state index contributed by atoms with van der Waals surface area (Å²) in [6, 6.07) is 19.4. The van der Waals surface area contributed by atoms with Crippen LogP contribution < -0.4 is 5.32 Å². The van der Waals surface area contributed by atoms with Gasteiger partial charge in [0.05, 0.1) is 17.5 Å². The number of anilines is 1. The van der Waals surface area contributed by atoms with Crippen molar-refractivity contribution in [1.82, 2.24) is 9.78 Å². The van der Waals surface area contributed by atoms with Crippen molar-refractivity contribution in [2.45, 2.75) is 6.42 Å². The lowest BCUT2D eigenvalue weighted by molar-refractivity contribution is -0.115. The van der Waals surface area contributed by atoms with Crippen LogP contribution in [-0.2, 0) is 4.79 Å². The fourth-order valence-electron chi connectivity index (χ4n) is 2.46. The lowest BCUT2D eigenvalue weighted by Crippen LogP contribution is -2.10. The van der Waals surface area contributed by atoms with Gasteiger partial charge in [-0.25, -0.2) is 9.48 Å². The molecule has 0 saturated carbocycles. The molecule has 3 aromatic rings. The second-order valence-corrected chi connectivity index (χ2v) is 5.43. The Morgan fingerprint density at radius 2 is 1.81 bits per heavy atom. The monoisotopic (exact) mass is 346 g/mol. The van der Waals surface area contributed by atoms with E-state index in [0.29, 0.717) is 17.1 Å². The maximum Gasteiger partial charge on any atom is 0.356 e. The van der Waals surface area contributed by atoms with Crippen LogP contribution in [0.15, 0.2) is 60.7 Å². The Balaban J connectivity index is 1.97. The average Bonchev–Trinajstić information content (AvgIpc) is 3.09. The zero-order valence-corrected chi connectivity index (χ0v) is 13.6. The quantitative estimate of drug-likeness (QED) is 0.738. The Hall–Kier alpha value is -3.92. The summed E-state index contributed by atoms with van der Waals surface area (Å²) in [4.78, 5) is 22.8. The lowest BCUT2D eigenvalue weighted by Gasteiger charge is -2.09. The number of aromatic nitrogens is 2. The van der Waals surface area contributed by atoms with Crippen molar-refractivity contribution in [2.24, 2.45) is 0 Å². The highest BCUT2D eigenvalue weighted by Gasteiger charge is 2.15. The highest BCUT2D eigenvalue weighted by Crippen LogP contribution is 2.24. The Morgan fingerprint density at radius 1 is 1.12 bits per heavy atom. The van der Waals surface area contributed by atoms with Gasteiger partial charge in [-0.1, -0.05) is 30.3 Å². The number of carboxylic acid groups (broad SMARTS) is 1. The summed E-state index contributed by atoms with van der Waals surface area (Å²) in [5.41, 5.74) is 2.61. The fraction of sp³-hybridized carbons (Fsp3) is 0.0526. The van der Waals surface area contributed by atoms with Crippen molar-refractivity contribution < 1.29 is 14.7 Å². The number of hydrogen-bond acceptors (Lipinski definition) is 4. The van der Waals surface area contributed by atoms with Crippen LogP contribution in [0.25, 0.3) is 16.9 Å². The number of carbonyl (C=O) groups is 2. The molecule has 0 spiro atoms. The Bertz CT molecular complexity index is 986. The molecule has 7 nitrogen and oxygen atoms in total. The van der Waals surface area contributed by atoms with Crippen LogP contribution in [-0.4, -0.2) is 26.8 Å². The van der Waals surface area contributed by atoms with Gasteiger partial charge in [-0.3, -0.25) is 4.79 Å². The van der Waals surface area contributed by atoms with Gasteiger partial charge in [0.15, 0.2) is 5.69 Å². The van der Waals surface area contributed by atoms with Crippen molar-refractivity contribution in [2.75, 3.05) is 5.32 Å². The number of nitrogens with zero attached hydrogens (tertiary/aromatic N) is 3. The van der Waals surface area contributed by atoms with E-state index < -0.39 is 11.9 Å². The maximum absolute atomic E-state index is 11.5. The highest BCUT2D eigenvalue weighted by molar-refractivity contribution is 5.92. The second-order valence-electron chi connectivity index (χ2n) is 5.43. The fourth-order valence-corrected chi connectivity index (χ4v) is 2.46. The van der Waals surface area contributed by atoms with E-state index >= 15 is 0 Å². The van der Waals surface area contributed by atoms with Gasteiger partial charge in [-0.2, -0.15) is 10.4 Å². The van der Waals surface area contributed by atoms with E-state index in [1.54, 1.807) is 35.0 Å². The summed E-state index contributed by atoms with van der Waals surface area (Å²) in [6.07, 6.45) is -0.221. The summed E-state index contributed by atoms with van der Waals surface area (Å²) in [7, 11) is 0. The summed E-state index contributed by atoms with van der Waals surface area (Å²) >= 11 is 0. The number of amides is 1. The van der Waals surface area contributed by atoms with E-state index in [1.165, 1.54) is 6.07 Å². The molecule has 2 aromatic carbocycles. The molecule has 2 N–H and O–H groups in total. The van der Waals surface area contributed by atoms with Crippen LogP contribution in [0.2, 0.25) is 0 Å². The molecule has 0 unspecified atom stereocenters. The molecule has 1 amide bonds. The minimum atomic E-state index is -1.11. The molecular formula is C19H14N4O3. The second kappa shape index (κ2) is 7.32. The third kappa shape index (κ3) is 3.60. The summed E-state index contributed by atoms with van der Waals surface area (Å²) in [5, 5.41) is 24.6. The SMILES string of the molecule is N#CCC(=O)Nc1ccc(-n2nc(C(=O)O)cc2-c2ccccc2)cc1. The Kier molecular flexibility index (Phi) is 4.76. The van der Waals surface area contributed by atoms with E-state index in [1.807, 2.05) is 30.3 Å². The van der Waals surface area contributed by atoms with Gasteiger partial charge in [0.2, 0.25) is 5.91 Å². The van der Waals surface area contributed by atoms with E-state index in [4.69, 9.17) is 5.26 Å². The third-order valence-electron chi connectivity index (χ3n) is 3.63. The number of carbonyl (C=O) groups excluding carboxylic acids is 1. The number of hydrogen-bond donors (Lipinski definition) is 2. The van der Waals surface area contributed by atoms with Crippen LogP contribution in [0.1, 0.15) is 16.9 Å². The zero-order chi connectivity index (χ0) is 18.5.